The number of hydrogen-bond donors (Lipinski definition) is 1. The fourth-order valence-corrected chi connectivity index (χ4v) is 3.96. The van der Waals surface area contributed by atoms with E-state index >= 15 is 0 Å². The zero-order valence-corrected chi connectivity index (χ0v) is 13.8. The summed E-state index contributed by atoms with van der Waals surface area (Å²) in [4.78, 5) is 40.1. The molecule has 4 rings (SSSR count). The van der Waals surface area contributed by atoms with Crippen molar-refractivity contribution in [1.29, 1.82) is 0 Å². The van der Waals surface area contributed by atoms with E-state index in [-0.39, 0.29) is 17.7 Å². The van der Waals surface area contributed by atoms with Crippen molar-refractivity contribution in [3.05, 3.63) is 23.0 Å². The number of aromatic nitrogens is 1. The summed E-state index contributed by atoms with van der Waals surface area (Å²) in [6.45, 7) is 1.67. The second-order valence-electron chi connectivity index (χ2n) is 7.11. The molecule has 24 heavy (non-hydrogen) atoms. The van der Waals surface area contributed by atoms with Crippen molar-refractivity contribution in [3.63, 3.8) is 0 Å². The average Bonchev–Trinajstić information content (AvgIpc) is 3.25. The molecule has 1 unspecified atom stereocenters. The molecule has 1 saturated carbocycles. The molecule has 0 radical (unpaired) electrons. The second kappa shape index (κ2) is 5.36. The Morgan fingerprint density at radius 3 is 2.71 bits per heavy atom. The van der Waals surface area contributed by atoms with E-state index in [0.29, 0.717) is 37.8 Å². The molecule has 0 aromatic carbocycles. The first-order valence-corrected chi connectivity index (χ1v) is 8.51. The molecule has 2 N–H and O–H groups in total. The van der Waals surface area contributed by atoms with Crippen LogP contribution in [0, 0.1) is 5.92 Å². The minimum absolute atomic E-state index is 0.0546. The fraction of sp³-hybridized carbons (Fsp3) is 0.588. The zero-order chi connectivity index (χ0) is 17.0. The van der Waals surface area contributed by atoms with Crippen LogP contribution in [0.5, 0.6) is 0 Å². The summed E-state index contributed by atoms with van der Waals surface area (Å²) in [7, 11) is 1.81. The maximum absolute atomic E-state index is 12.8. The molecular formula is C17H22N4O3. The highest BCUT2D eigenvalue weighted by molar-refractivity contribution is 5.92. The normalized spacial score (nSPS) is 23.5. The molecular weight excluding hydrogens is 308 g/mol. The number of fused-ring (bicyclic) bond motifs is 1. The summed E-state index contributed by atoms with van der Waals surface area (Å²) >= 11 is 0. The first-order valence-electron chi connectivity index (χ1n) is 8.51. The molecule has 0 bridgehead atoms. The number of hydrogen-bond acceptors (Lipinski definition) is 3. The fourth-order valence-electron chi connectivity index (χ4n) is 3.96. The van der Waals surface area contributed by atoms with E-state index in [0.717, 1.165) is 30.5 Å². The molecule has 3 heterocycles. The Labute approximate surface area is 140 Å². The third kappa shape index (κ3) is 2.39. The minimum Gasteiger partial charge on any atom is -0.364 e. The molecule has 1 saturated heterocycles. The molecule has 1 aromatic heterocycles. The van der Waals surface area contributed by atoms with Gasteiger partial charge in [-0.15, -0.1) is 0 Å². The zero-order valence-electron chi connectivity index (χ0n) is 13.8. The molecule has 1 atom stereocenters. The van der Waals surface area contributed by atoms with Gasteiger partial charge >= 0.3 is 0 Å². The molecule has 2 fully saturated rings. The Morgan fingerprint density at radius 1 is 1.29 bits per heavy atom. The average molecular weight is 330 g/mol. The highest BCUT2D eigenvalue weighted by Crippen LogP contribution is 2.34. The number of nitrogens with two attached hydrogens (primary N) is 1. The lowest BCUT2D eigenvalue weighted by atomic mass is 10.0. The predicted molar refractivity (Wildman–Crippen MR) is 85.9 cm³/mol. The van der Waals surface area contributed by atoms with Gasteiger partial charge in [-0.2, -0.15) is 0 Å². The Kier molecular flexibility index (Phi) is 3.40. The number of rotatable bonds is 3. The number of nitrogens with zero attached hydrogens (tertiary/aromatic N) is 3. The summed E-state index contributed by atoms with van der Waals surface area (Å²) < 4.78 is 1.79. The Balaban J connectivity index is 1.49. The molecule has 0 spiro atoms. The van der Waals surface area contributed by atoms with Crippen LogP contribution >= 0.6 is 0 Å². The van der Waals surface area contributed by atoms with Crippen LogP contribution in [0.2, 0.25) is 0 Å². The second-order valence-corrected chi connectivity index (χ2v) is 7.11. The van der Waals surface area contributed by atoms with Crippen molar-refractivity contribution in [2.24, 2.45) is 18.7 Å². The van der Waals surface area contributed by atoms with Crippen LogP contribution in [-0.4, -0.2) is 51.2 Å². The number of carbonyl (C=O) groups is 3. The van der Waals surface area contributed by atoms with E-state index in [9.17, 15) is 14.4 Å². The lowest BCUT2D eigenvalue weighted by Crippen LogP contribution is -2.41. The summed E-state index contributed by atoms with van der Waals surface area (Å²) in [6, 6.07) is 2.20. The molecule has 7 nitrogen and oxygen atoms in total. The highest BCUT2D eigenvalue weighted by Gasteiger charge is 2.43. The third-order valence-electron chi connectivity index (χ3n) is 5.50. The lowest BCUT2D eigenvalue weighted by molar-refractivity contribution is -0.136. The van der Waals surface area contributed by atoms with Gasteiger partial charge in [0.2, 0.25) is 11.8 Å². The molecule has 128 valence electrons. The van der Waals surface area contributed by atoms with Crippen LogP contribution in [0.4, 0.5) is 0 Å². The standard InChI is InChI=1S/C17H22N4O3/c1-19-13(16(18)23)6-10-4-5-20(9-14(10)19)17(24)11-7-15(22)21(8-11)12-2-3-12/h6,11-12H,2-5,7-9H2,1H3,(H2,18,23). The summed E-state index contributed by atoms with van der Waals surface area (Å²) in [5, 5.41) is 0. The van der Waals surface area contributed by atoms with Crippen molar-refractivity contribution in [2.45, 2.75) is 38.3 Å². The van der Waals surface area contributed by atoms with Crippen LogP contribution in [0.1, 0.15) is 41.0 Å². The smallest absolute Gasteiger partial charge is 0.265 e. The van der Waals surface area contributed by atoms with Gasteiger partial charge in [0.15, 0.2) is 0 Å². The van der Waals surface area contributed by atoms with Crippen LogP contribution in [-0.2, 0) is 29.6 Å². The summed E-state index contributed by atoms with van der Waals surface area (Å²) in [5.74, 6) is -0.510. The number of carbonyl (C=O) groups excluding carboxylic acids is 3. The van der Waals surface area contributed by atoms with Crippen molar-refractivity contribution in [2.75, 3.05) is 13.1 Å². The maximum atomic E-state index is 12.8. The largest absolute Gasteiger partial charge is 0.364 e. The van der Waals surface area contributed by atoms with Gasteiger partial charge in [0.25, 0.3) is 5.91 Å². The molecule has 1 aromatic rings. The van der Waals surface area contributed by atoms with Crippen molar-refractivity contribution in [3.8, 4) is 0 Å². The topological polar surface area (TPSA) is 88.6 Å². The molecule has 1 aliphatic carbocycles. The van der Waals surface area contributed by atoms with Gasteiger partial charge in [-0.25, -0.2) is 0 Å². The number of likely N-dealkylation sites (tertiary alicyclic amines) is 1. The first-order chi connectivity index (χ1) is 11.5. The summed E-state index contributed by atoms with van der Waals surface area (Å²) in [5.41, 5.74) is 7.92. The predicted octanol–water partition coefficient (Wildman–Crippen LogP) is 0.0196. The Bertz CT molecular complexity index is 734. The van der Waals surface area contributed by atoms with E-state index in [1.54, 1.807) is 11.6 Å². The van der Waals surface area contributed by atoms with Crippen molar-refractivity contribution < 1.29 is 14.4 Å². The van der Waals surface area contributed by atoms with E-state index in [4.69, 9.17) is 5.73 Å². The van der Waals surface area contributed by atoms with Gasteiger partial charge in [0.05, 0.1) is 12.5 Å². The molecule has 7 heteroatoms. The van der Waals surface area contributed by atoms with E-state index in [1.807, 2.05) is 15.9 Å². The third-order valence-corrected chi connectivity index (χ3v) is 5.50. The van der Waals surface area contributed by atoms with E-state index in [1.165, 1.54) is 0 Å². The molecule has 3 aliphatic rings. The van der Waals surface area contributed by atoms with Crippen LogP contribution in [0.3, 0.4) is 0 Å². The SMILES string of the molecule is Cn1c(C(N)=O)cc2c1CN(C(=O)C1CC(=O)N(C3CC3)C1)CC2. The van der Waals surface area contributed by atoms with Crippen LogP contribution < -0.4 is 5.73 Å². The van der Waals surface area contributed by atoms with Gasteiger partial charge in [-0.05, 0) is 30.9 Å². The highest BCUT2D eigenvalue weighted by atomic mass is 16.2. The van der Waals surface area contributed by atoms with Gasteiger partial charge in [0, 0.05) is 38.3 Å². The van der Waals surface area contributed by atoms with Crippen LogP contribution in [0.25, 0.3) is 0 Å². The molecule has 3 amide bonds. The number of amides is 3. The Hall–Kier alpha value is -2.31. The van der Waals surface area contributed by atoms with Gasteiger partial charge in [-0.3, -0.25) is 14.4 Å². The van der Waals surface area contributed by atoms with Gasteiger partial charge in [-0.1, -0.05) is 0 Å². The van der Waals surface area contributed by atoms with E-state index in [2.05, 4.69) is 0 Å². The minimum atomic E-state index is -0.453. The van der Waals surface area contributed by atoms with Gasteiger partial charge < -0.3 is 20.1 Å². The summed E-state index contributed by atoms with van der Waals surface area (Å²) in [6.07, 6.45) is 3.19. The van der Waals surface area contributed by atoms with Crippen molar-refractivity contribution in [1.82, 2.24) is 14.4 Å². The monoisotopic (exact) mass is 330 g/mol. The maximum Gasteiger partial charge on any atom is 0.265 e. The van der Waals surface area contributed by atoms with E-state index < -0.39 is 5.91 Å². The van der Waals surface area contributed by atoms with Crippen LogP contribution in [0.15, 0.2) is 6.07 Å². The van der Waals surface area contributed by atoms with Gasteiger partial charge in [0.1, 0.15) is 5.69 Å². The quantitative estimate of drug-likeness (QED) is 0.847. The Morgan fingerprint density at radius 2 is 2.04 bits per heavy atom. The lowest BCUT2D eigenvalue weighted by Gasteiger charge is -2.30. The first kappa shape index (κ1) is 15.2. The number of primary amides is 1. The van der Waals surface area contributed by atoms with Crippen molar-refractivity contribution >= 4 is 17.7 Å². The molecule has 2 aliphatic heterocycles.